The third-order valence-corrected chi connectivity index (χ3v) is 11.4. The van der Waals surface area contributed by atoms with Crippen LogP contribution in [0.25, 0.3) is 0 Å². The van der Waals surface area contributed by atoms with Crippen LogP contribution in [0.3, 0.4) is 0 Å². The van der Waals surface area contributed by atoms with Gasteiger partial charge >= 0.3 is 6.16 Å². The zero-order valence-electron chi connectivity index (χ0n) is 29.1. The van der Waals surface area contributed by atoms with E-state index in [2.05, 4.69) is 20.8 Å². The zero-order valence-corrected chi connectivity index (χ0v) is 29.9. The second kappa shape index (κ2) is 22.3. The van der Waals surface area contributed by atoms with E-state index in [1.165, 1.54) is 44.9 Å². The summed E-state index contributed by atoms with van der Waals surface area (Å²) >= 11 is 0. The van der Waals surface area contributed by atoms with Crippen molar-refractivity contribution >= 4 is 16.5 Å². The van der Waals surface area contributed by atoms with Gasteiger partial charge in [-0.3, -0.25) is 0 Å². The van der Waals surface area contributed by atoms with Crippen molar-refractivity contribution in [3.8, 4) is 17.2 Å². The molecule has 0 unspecified atom stereocenters. The van der Waals surface area contributed by atoms with E-state index >= 15 is 0 Å². The van der Waals surface area contributed by atoms with Crippen LogP contribution in [-0.2, 0) is 4.18 Å². The molecule has 0 aliphatic rings. The highest BCUT2D eigenvalue weighted by atomic mass is 32.3. The van der Waals surface area contributed by atoms with E-state index in [0.717, 1.165) is 61.2 Å². The van der Waals surface area contributed by atoms with Crippen molar-refractivity contribution in [2.75, 3.05) is 19.8 Å². The van der Waals surface area contributed by atoms with Crippen LogP contribution in [0.2, 0.25) is 0 Å². The third-order valence-electron chi connectivity index (χ3n) is 8.16. The van der Waals surface area contributed by atoms with Crippen molar-refractivity contribution in [1.29, 1.82) is 0 Å². The molecule has 0 fully saturated rings. The van der Waals surface area contributed by atoms with E-state index in [-0.39, 0.29) is 0 Å². The minimum atomic E-state index is -2.85. The fraction of sp³-hybridized carbons (Fsp3) is 0.525. The van der Waals surface area contributed by atoms with Gasteiger partial charge in [0.2, 0.25) is 0 Å². The zero-order chi connectivity index (χ0) is 33.6. The molecule has 260 valence electrons. The molecule has 3 aromatic carbocycles. The largest absolute Gasteiger partial charge is 0.517 e. The Kier molecular flexibility index (Phi) is 18.1. The summed E-state index contributed by atoms with van der Waals surface area (Å²) in [5, 5.41) is 10.4. The van der Waals surface area contributed by atoms with Crippen LogP contribution in [0.15, 0.2) is 87.5 Å². The van der Waals surface area contributed by atoms with Crippen molar-refractivity contribution < 1.29 is 28.3 Å². The Morgan fingerprint density at radius 3 is 1.32 bits per heavy atom. The fourth-order valence-electron chi connectivity index (χ4n) is 5.65. The summed E-state index contributed by atoms with van der Waals surface area (Å²) in [4.78, 5) is 14.8. The van der Waals surface area contributed by atoms with E-state index < -0.39 is 16.5 Å². The maximum atomic E-state index is 12.7. The van der Waals surface area contributed by atoms with Gasteiger partial charge in [0.1, 0.15) is 22.1 Å². The van der Waals surface area contributed by atoms with E-state index in [4.69, 9.17) is 18.4 Å². The second-order valence-corrected chi connectivity index (χ2v) is 14.7. The van der Waals surface area contributed by atoms with Gasteiger partial charge in [-0.25, -0.2) is 4.79 Å². The minimum absolute atomic E-state index is 0.500. The molecule has 0 saturated heterocycles. The molecule has 3 rings (SSSR count). The van der Waals surface area contributed by atoms with Crippen molar-refractivity contribution in [2.45, 2.75) is 132 Å². The number of unbranched alkanes of at least 4 members (excludes halogenated alkanes) is 12. The van der Waals surface area contributed by atoms with Crippen molar-refractivity contribution in [3.63, 3.8) is 0 Å². The predicted molar refractivity (Wildman–Crippen MR) is 194 cm³/mol. The maximum Gasteiger partial charge on any atom is 0.517 e. The topological polar surface area (TPSA) is 74.2 Å². The Labute approximate surface area is 285 Å². The summed E-state index contributed by atoms with van der Waals surface area (Å²) in [7, 11) is -2.85. The Balaban J connectivity index is 2.16. The predicted octanol–water partition coefficient (Wildman–Crippen LogP) is 12.6. The normalized spacial score (nSPS) is 11.6. The average molecular weight is 667 g/mol. The quantitative estimate of drug-likeness (QED) is 0.0907. The molecule has 0 atom stereocenters. The molecular formula is C40H58O6S. The summed E-state index contributed by atoms with van der Waals surface area (Å²) in [5.74, 6) is 1.76. The van der Waals surface area contributed by atoms with E-state index in [0.29, 0.717) is 42.0 Å². The fourth-order valence-corrected chi connectivity index (χ4v) is 8.76. The highest BCUT2D eigenvalue weighted by Gasteiger charge is 2.41. The Morgan fingerprint density at radius 1 is 0.553 bits per heavy atom. The SMILES string of the molecule is CCCCCCCOc1cc(OCCCCCCC)c(S(OC(=O)O)(c2ccccc2)c2ccccc2)c(OCCCCCCC)c1. The number of hydrogen-bond donors (Lipinski definition) is 1. The number of benzene rings is 3. The van der Waals surface area contributed by atoms with Crippen molar-refractivity contribution in [1.82, 2.24) is 0 Å². The van der Waals surface area contributed by atoms with Gasteiger partial charge in [0.05, 0.1) is 19.8 Å². The first-order valence-electron chi connectivity index (χ1n) is 18.0. The molecule has 0 spiro atoms. The first-order valence-corrected chi connectivity index (χ1v) is 19.5. The molecule has 0 aliphatic heterocycles. The molecule has 0 amide bonds. The summed E-state index contributed by atoms with van der Waals surface area (Å²) in [6.07, 6.45) is 15.4. The monoisotopic (exact) mass is 666 g/mol. The number of carboxylic acid groups (broad SMARTS) is 1. The van der Waals surface area contributed by atoms with Crippen molar-refractivity contribution in [2.24, 2.45) is 0 Å². The van der Waals surface area contributed by atoms with Crippen LogP contribution in [0.4, 0.5) is 4.79 Å². The van der Waals surface area contributed by atoms with Crippen LogP contribution in [-0.4, -0.2) is 31.1 Å². The van der Waals surface area contributed by atoms with Gasteiger partial charge in [-0.15, -0.1) is 0 Å². The van der Waals surface area contributed by atoms with Crippen LogP contribution in [0.1, 0.15) is 117 Å². The standard InChI is InChI=1S/C40H58O6S/c1-4-7-10-13-22-29-43-34-32-37(44-30-23-14-11-8-5-2)39(38(33-34)45-31-24-15-12-9-6-3)47(46-40(41)42,35-25-18-16-19-26-35)36-27-20-17-21-28-36/h16-21,25-28,32-33H,4-15,22-24,29-31H2,1-3H3,(H,41,42). The third kappa shape index (κ3) is 12.3. The Morgan fingerprint density at radius 2 is 0.936 bits per heavy atom. The first kappa shape index (κ1) is 38.1. The molecule has 0 radical (unpaired) electrons. The highest BCUT2D eigenvalue weighted by molar-refractivity contribution is 8.30. The summed E-state index contributed by atoms with van der Waals surface area (Å²) < 4.78 is 25.8. The molecular weight excluding hydrogens is 609 g/mol. The lowest BCUT2D eigenvalue weighted by Crippen LogP contribution is -2.15. The van der Waals surface area contributed by atoms with Gasteiger partial charge in [-0.2, -0.15) is 0 Å². The number of ether oxygens (including phenoxy) is 3. The average Bonchev–Trinajstić information content (AvgIpc) is 3.09. The van der Waals surface area contributed by atoms with Crippen LogP contribution >= 0.6 is 10.3 Å². The molecule has 7 heteroatoms. The Bertz CT molecular complexity index is 1190. The van der Waals surface area contributed by atoms with Crippen LogP contribution < -0.4 is 14.2 Å². The molecule has 6 nitrogen and oxygen atoms in total. The molecule has 0 saturated carbocycles. The van der Waals surface area contributed by atoms with Crippen LogP contribution in [0, 0.1) is 0 Å². The van der Waals surface area contributed by atoms with Gasteiger partial charge in [0.15, 0.2) is 0 Å². The van der Waals surface area contributed by atoms with E-state index in [1.807, 2.05) is 72.8 Å². The number of carbonyl (C=O) groups is 1. The van der Waals surface area contributed by atoms with Gasteiger partial charge in [0, 0.05) is 32.2 Å². The minimum Gasteiger partial charge on any atom is -0.493 e. The molecule has 0 bridgehead atoms. The van der Waals surface area contributed by atoms with Gasteiger partial charge in [-0.05, 0) is 43.5 Å². The van der Waals surface area contributed by atoms with E-state index in [1.54, 1.807) is 0 Å². The first-order chi connectivity index (χ1) is 23.1. The summed E-state index contributed by atoms with van der Waals surface area (Å²) in [6, 6.07) is 23.1. The maximum absolute atomic E-state index is 12.7. The van der Waals surface area contributed by atoms with Gasteiger partial charge in [-0.1, -0.05) is 134 Å². The lowest BCUT2D eigenvalue weighted by molar-refractivity contribution is 0.150. The lowest BCUT2D eigenvalue weighted by Gasteiger charge is -2.40. The summed E-state index contributed by atoms with van der Waals surface area (Å²) in [6.45, 7) is 8.23. The summed E-state index contributed by atoms with van der Waals surface area (Å²) in [5.41, 5.74) is 0. The Hall–Kier alpha value is -3.32. The number of hydrogen-bond acceptors (Lipinski definition) is 5. The van der Waals surface area contributed by atoms with Gasteiger partial charge in [0.25, 0.3) is 0 Å². The molecule has 3 aromatic rings. The molecule has 0 heterocycles. The molecule has 0 aliphatic carbocycles. The lowest BCUT2D eigenvalue weighted by atomic mass is 10.2. The smallest absolute Gasteiger partial charge is 0.493 e. The number of rotatable bonds is 25. The molecule has 0 aromatic heterocycles. The van der Waals surface area contributed by atoms with Crippen molar-refractivity contribution in [3.05, 3.63) is 72.8 Å². The highest BCUT2D eigenvalue weighted by Crippen LogP contribution is 2.73. The molecule has 1 N–H and O–H groups in total. The van der Waals surface area contributed by atoms with Gasteiger partial charge < -0.3 is 23.5 Å². The van der Waals surface area contributed by atoms with Crippen LogP contribution in [0.5, 0.6) is 17.2 Å². The molecule has 47 heavy (non-hydrogen) atoms. The van der Waals surface area contributed by atoms with E-state index in [9.17, 15) is 9.90 Å². The second-order valence-electron chi connectivity index (χ2n) is 12.1.